The van der Waals surface area contributed by atoms with Gasteiger partial charge < -0.3 is 9.72 Å². The number of imidazole rings is 1. The molecule has 0 spiro atoms. The molecule has 0 atom stereocenters. The molecule has 0 aliphatic rings. The number of aromatic amines is 1. The Bertz CT molecular complexity index is 476. The molecule has 0 aliphatic carbocycles. The van der Waals surface area contributed by atoms with Gasteiger partial charge in [-0.05, 0) is 24.1 Å². The minimum absolute atomic E-state index is 0.369. The van der Waals surface area contributed by atoms with Crippen molar-refractivity contribution in [3.63, 3.8) is 0 Å². The predicted molar refractivity (Wildman–Crippen MR) is 57.1 cm³/mol. The molecule has 0 radical (unpaired) electrons. The topological polar surface area (TPSA) is 55.0 Å². The van der Waals surface area contributed by atoms with Gasteiger partial charge in [-0.25, -0.2) is 4.98 Å². The fraction of sp³-hybridized carbons (Fsp3) is 0.273. The Labute approximate surface area is 87.3 Å². The lowest BCUT2D eigenvalue weighted by atomic mass is 10.1. The van der Waals surface area contributed by atoms with E-state index in [1.54, 1.807) is 7.11 Å². The number of hydrogen-bond donors (Lipinski definition) is 1. The van der Waals surface area contributed by atoms with Crippen molar-refractivity contribution in [3.8, 4) is 0 Å². The number of carbonyl (C=O) groups is 1. The number of benzene rings is 1. The summed E-state index contributed by atoms with van der Waals surface area (Å²) < 4.78 is 5.00. The molecule has 1 aromatic heterocycles. The van der Waals surface area contributed by atoms with E-state index in [-0.39, 0.29) is 0 Å². The van der Waals surface area contributed by atoms with Crippen LogP contribution in [0.25, 0.3) is 11.0 Å². The van der Waals surface area contributed by atoms with Crippen molar-refractivity contribution in [1.82, 2.24) is 9.97 Å². The van der Waals surface area contributed by atoms with Crippen LogP contribution in [0.4, 0.5) is 0 Å². The van der Waals surface area contributed by atoms with Gasteiger partial charge in [0.2, 0.25) is 0 Å². The van der Waals surface area contributed by atoms with Crippen molar-refractivity contribution in [2.45, 2.75) is 6.42 Å². The maximum absolute atomic E-state index is 10.5. The van der Waals surface area contributed by atoms with Gasteiger partial charge in [-0.1, -0.05) is 6.07 Å². The van der Waals surface area contributed by atoms with Gasteiger partial charge in [-0.2, -0.15) is 0 Å². The van der Waals surface area contributed by atoms with E-state index >= 15 is 0 Å². The van der Waals surface area contributed by atoms with Gasteiger partial charge >= 0.3 is 0 Å². The lowest BCUT2D eigenvalue weighted by molar-refractivity contribution is 0.111. The maximum Gasteiger partial charge on any atom is 0.185 e. The van der Waals surface area contributed by atoms with E-state index in [1.165, 1.54) is 5.56 Å². The highest BCUT2D eigenvalue weighted by Crippen LogP contribution is 2.13. The summed E-state index contributed by atoms with van der Waals surface area (Å²) in [6.45, 7) is 0.695. The van der Waals surface area contributed by atoms with Crippen LogP contribution in [0, 0.1) is 0 Å². The molecular formula is C11H12N2O2. The first-order valence-electron chi connectivity index (χ1n) is 4.76. The number of H-pyrrole nitrogens is 1. The second-order valence-corrected chi connectivity index (χ2v) is 3.33. The summed E-state index contributed by atoms with van der Waals surface area (Å²) in [6.07, 6.45) is 1.58. The minimum Gasteiger partial charge on any atom is -0.384 e. The monoisotopic (exact) mass is 204 g/mol. The quantitative estimate of drug-likeness (QED) is 0.769. The normalized spacial score (nSPS) is 10.7. The molecule has 1 aromatic carbocycles. The van der Waals surface area contributed by atoms with Crippen LogP contribution in [-0.2, 0) is 11.2 Å². The molecule has 2 rings (SSSR count). The van der Waals surface area contributed by atoms with Crippen LogP contribution in [0.3, 0.4) is 0 Å². The Balaban J connectivity index is 2.33. The second kappa shape index (κ2) is 4.23. The molecule has 0 bridgehead atoms. The van der Waals surface area contributed by atoms with Gasteiger partial charge in [0.15, 0.2) is 12.1 Å². The van der Waals surface area contributed by atoms with Crippen molar-refractivity contribution in [1.29, 1.82) is 0 Å². The van der Waals surface area contributed by atoms with Crippen LogP contribution in [0.1, 0.15) is 16.2 Å². The number of aromatic nitrogens is 2. The van der Waals surface area contributed by atoms with Gasteiger partial charge in [0.05, 0.1) is 17.6 Å². The Morgan fingerprint density at radius 2 is 2.40 bits per heavy atom. The van der Waals surface area contributed by atoms with Gasteiger partial charge in [0.1, 0.15) is 0 Å². The molecule has 1 N–H and O–H groups in total. The van der Waals surface area contributed by atoms with Crippen LogP contribution in [0.2, 0.25) is 0 Å². The number of nitrogens with zero attached hydrogens (tertiary/aromatic N) is 1. The Hall–Kier alpha value is -1.68. The van der Waals surface area contributed by atoms with Crippen molar-refractivity contribution in [2.75, 3.05) is 13.7 Å². The number of ether oxygens (including phenoxy) is 1. The van der Waals surface area contributed by atoms with E-state index in [9.17, 15) is 4.79 Å². The number of nitrogens with one attached hydrogen (secondary N) is 1. The third-order valence-corrected chi connectivity index (χ3v) is 2.27. The minimum atomic E-state index is 0.369. The molecule has 4 heteroatoms. The molecule has 15 heavy (non-hydrogen) atoms. The van der Waals surface area contributed by atoms with E-state index in [2.05, 4.69) is 9.97 Å². The Morgan fingerprint density at radius 3 is 3.13 bits per heavy atom. The lowest BCUT2D eigenvalue weighted by Crippen LogP contribution is -1.93. The van der Waals surface area contributed by atoms with E-state index < -0.39 is 0 Å². The van der Waals surface area contributed by atoms with E-state index in [0.717, 1.165) is 23.7 Å². The number of fused-ring (bicyclic) bond motifs is 1. The summed E-state index contributed by atoms with van der Waals surface area (Å²) in [4.78, 5) is 17.6. The number of carbonyl (C=O) groups excluding carboxylic acids is 1. The molecule has 0 unspecified atom stereocenters. The summed E-state index contributed by atoms with van der Waals surface area (Å²) in [7, 11) is 1.68. The Kier molecular flexibility index (Phi) is 2.78. The zero-order chi connectivity index (χ0) is 10.7. The van der Waals surface area contributed by atoms with Gasteiger partial charge in [-0.3, -0.25) is 4.79 Å². The summed E-state index contributed by atoms with van der Waals surface area (Å²) in [5.74, 6) is 0.369. The van der Waals surface area contributed by atoms with Crippen molar-refractivity contribution in [3.05, 3.63) is 29.6 Å². The SMILES string of the molecule is COCCc1ccc2nc(C=O)[nH]c2c1. The van der Waals surface area contributed by atoms with Gasteiger partial charge in [0, 0.05) is 7.11 Å². The van der Waals surface area contributed by atoms with E-state index in [1.807, 2.05) is 18.2 Å². The molecule has 0 saturated heterocycles. The first-order valence-corrected chi connectivity index (χ1v) is 4.76. The molecule has 2 aromatic rings. The number of hydrogen-bond acceptors (Lipinski definition) is 3. The first kappa shape index (κ1) is 9.86. The average molecular weight is 204 g/mol. The van der Waals surface area contributed by atoms with E-state index in [0.29, 0.717) is 12.4 Å². The number of methoxy groups -OCH3 is 1. The van der Waals surface area contributed by atoms with Crippen LogP contribution in [-0.4, -0.2) is 30.0 Å². The smallest absolute Gasteiger partial charge is 0.185 e. The van der Waals surface area contributed by atoms with Crippen molar-refractivity contribution in [2.24, 2.45) is 0 Å². The summed E-state index contributed by atoms with van der Waals surface area (Å²) in [5.41, 5.74) is 2.88. The van der Waals surface area contributed by atoms with E-state index in [4.69, 9.17) is 4.74 Å². The third kappa shape index (κ3) is 2.05. The predicted octanol–water partition coefficient (Wildman–Crippen LogP) is 1.56. The molecule has 78 valence electrons. The summed E-state index contributed by atoms with van der Waals surface area (Å²) in [6, 6.07) is 5.90. The molecule has 0 saturated carbocycles. The van der Waals surface area contributed by atoms with Crippen LogP contribution >= 0.6 is 0 Å². The zero-order valence-electron chi connectivity index (χ0n) is 8.49. The van der Waals surface area contributed by atoms with Crippen LogP contribution < -0.4 is 0 Å². The average Bonchev–Trinajstić information content (AvgIpc) is 2.68. The molecule has 0 fully saturated rings. The largest absolute Gasteiger partial charge is 0.384 e. The number of rotatable bonds is 4. The molecule has 1 heterocycles. The lowest BCUT2D eigenvalue weighted by Gasteiger charge is -1.99. The van der Waals surface area contributed by atoms with Crippen molar-refractivity contribution >= 4 is 17.3 Å². The van der Waals surface area contributed by atoms with Crippen molar-refractivity contribution < 1.29 is 9.53 Å². The molecular weight excluding hydrogens is 192 g/mol. The Morgan fingerprint density at radius 1 is 1.53 bits per heavy atom. The van der Waals surface area contributed by atoms with Crippen LogP contribution in [0.5, 0.6) is 0 Å². The highest BCUT2D eigenvalue weighted by Gasteiger charge is 2.02. The van der Waals surface area contributed by atoms with Gasteiger partial charge in [-0.15, -0.1) is 0 Å². The first-order chi connectivity index (χ1) is 7.33. The summed E-state index contributed by atoms with van der Waals surface area (Å²) in [5, 5.41) is 0. The third-order valence-electron chi connectivity index (χ3n) is 2.27. The fourth-order valence-corrected chi connectivity index (χ4v) is 1.51. The second-order valence-electron chi connectivity index (χ2n) is 3.33. The number of aldehydes is 1. The fourth-order valence-electron chi connectivity index (χ4n) is 1.51. The highest BCUT2D eigenvalue weighted by molar-refractivity contribution is 5.82. The highest BCUT2D eigenvalue weighted by atomic mass is 16.5. The molecule has 4 nitrogen and oxygen atoms in total. The summed E-state index contributed by atoms with van der Waals surface area (Å²) >= 11 is 0. The maximum atomic E-state index is 10.5. The van der Waals surface area contributed by atoms with Gasteiger partial charge in [0.25, 0.3) is 0 Å². The standard InChI is InChI=1S/C11H12N2O2/c1-15-5-4-8-2-3-9-10(6-8)13-11(7-14)12-9/h2-3,6-7H,4-5H2,1H3,(H,12,13). The molecule has 0 amide bonds. The molecule has 0 aliphatic heterocycles. The van der Waals surface area contributed by atoms with Crippen LogP contribution in [0.15, 0.2) is 18.2 Å². The zero-order valence-corrected chi connectivity index (χ0v) is 8.49.